The Hall–Kier alpha value is -1.95. The number of aromatic nitrogens is 2. The number of nitrogens with two attached hydrogens (primary N) is 1. The standard InChI is InChI=1S/C12H12FN3O2/c13-7-3-4-9(14)8(6-7)12-15-11(16-18-12)10-2-1-5-17-10/h3-4,6,10H,1-2,5,14H2. The summed E-state index contributed by atoms with van der Waals surface area (Å²) in [6.07, 6.45) is 1.73. The lowest BCUT2D eigenvalue weighted by atomic mass is 10.2. The molecule has 0 radical (unpaired) electrons. The van der Waals surface area contributed by atoms with Crippen LogP contribution in [0.2, 0.25) is 0 Å². The molecule has 0 saturated carbocycles. The van der Waals surface area contributed by atoms with Gasteiger partial charge in [-0.15, -0.1) is 0 Å². The average Bonchev–Trinajstić information content (AvgIpc) is 3.00. The normalized spacial score (nSPS) is 19.3. The molecule has 94 valence electrons. The highest BCUT2D eigenvalue weighted by Crippen LogP contribution is 2.30. The minimum Gasteiger partial charge on any atom is -0.398 e. The van der Waals surface area contributed by atoms with Crippen molar-refractivity contribution in [3.8, 4) is 11.5 Å². The second-order valence-electron chi connectivity index (χ2n) is 4.19. The van der Waals surface area contributed by atoms with Gasteiger partial charge in [0.1, 0.15) is 11.9 Å². The van der Waals surface area contributed by atoms with Gasteiger partial charge in [0.05, 0.1) is 5.56 Å². The highest BCUT2D eigenvalue weighted by molar-refractivity contribution is 5.70. The van der Waals surface area contributed by atoms with Crippen LogP contribution in [0.1, 0.15) is 24.8 Å². The fourth-order valence-electron chi connectivity index (χ4n) is 1.97. The molecule has 1 fully saturated rings. The molecule has 5 nitrogen and oxygen atoms in total. The highest BCUT2D eigenvalue weighted by atomic mass is 19.1. The summed E-state index contributed by atoms with van der Waals surface area (Å²) in [7, 11) is 0. The average molecular weight is 249 g/mol. The van der Waals surface area contributed by atoms with Crippen molar-refractivity contribution in [2.24, 2.45) is 0 Å². The summed E-state index contributed by atoms with van der Waals surface area (Å²) >= 11 is 0. The molecule has 1 aromatic heterocycles. The first-order valence-electron chi connectivity index (χ1n) is 5.74. The number of hydrogen-bond donors (Lipinski definition) is 1. The Balaban J connectivity index is 1.94. The Morgan fingerprint density at radius 1 is 1.39 bits per heavy atom. The topological polar surface area (TPSA) is 74.2 Å². The van der Waals surface area contributed by atoms with E-state index in [1.165, 1.54) is 18.2 Å². The SMILES string of the molecule is Nc1ccc(F)cc1-c1nc(C2CCCO2)no1. The molecule has 1 aromatic carbocycles. The van der Waals surface area contributed by atoms with E-state index >= 15 is 0 Å². The predicted octanol–water partition coefficient (Wildman–Crippen LogP) is 2.31. The number of nitrogen functional groups attached to an aromatic ring is 1. The first-order valence-corrected chi connectivity index (χ1v) is 5.74. The zero-order valence-corrected chi connectivity index (χ0v) is 9.60. The van der Waals surface area contributed by atoms with Crippen LogP contribution in [0.3, 0.4) is 0 Å². The summed E-state index contributed by atoms with van der Waals surface area (Å²) in [5, 5.41) is 3.86. The number of benzene rings is 1. The van der Waals surface area contributed by atoms with Gasteiger partial charge in [0.25, 0.3) is 5.89 Å². The minimum absolute atomic E-state index is 0.128. The summed E-state index contributed by atoms with van der Waals surface area (Å²) in [6, 6.07) is 4.04. The van der Waals surface area contributed by atoms with Crippen LogP contribution in [0, 0.1) is 5.82 Å². The van der Waals surface area contributed by atoms with Gasteiger partial charge in [0.15, 0.2) is 0 Å². The van der Waals surface area contributed by atoms with Gasteiger partial charge < -0.3 is 15.0 Å². The van der Waals surface area contributed by atoms with E-state index < -0.39 is 5.82 Å². The molecule has 2 aromatic rings. The van der Waals surface area contributed by atoms with E-state index in [-0.39, 0.29) is 12.0 Å². The van der Waals surface area contributed by atoms with Crippen molar-refractivity contribution in [2.45, 2.75) is 18.9 Å². The Bertz CT molecular complexity index is 564. The zero-order valence-electron chi connectivity index (χ0n) is 9.60. The summed E-state index contributed by atoms with van der Waals surface area (Å²) < 4.78 is 23.7. The van der Waals surface area contributed by atoms with Crippen LogP contribution in [-0.2, 0) is 4.74 Å². The van der Waals surface area contributed by atoms with Gasteiger partial charge in [-0.1, -0.05) is 5.16 Å². The molecule has 1 aliphatic rings. The lowest BCUT2D eigenvalue weighted by Crippen LogP contribution is -1.98. The van der Waals surface area contributed by atoms with Crippen molar-refractivity contribution in [3.63, 3.8) is 0 Å². The Labute approximate surface area is 103 Å². The molecule has 0 bridgehead atoms. The molecule has 18 heavy (non-hydrogen) atoms. The number of hydrogen-bond acceptors (Lipinski definition) is 5. The van der Waals surface area contributed by atoms with Crippen LogP contribution in [-0.4, -0.2) is 16.7 Å². The van der Waals surface area contributed by atoms with Crippen molar-refractivity contribution in [1.29, 1.82) is 0 Å². The Morgan fingerprint density at radius 3 is 3.06 bits per heavy atom. The van der Waals surface area contributed by atoms with E-state index in [4.69, 9.17) is 15.0 Å². The Kier molecular flexibility index (Phi) is 2.71. The molecule has 2 heterocycles. The van der Waals surface area contributed by atoms with E-state index in [1.54, 1.807) is 0 Å². The van der Waals surface area contributed by atoms with Crippen molar-refractivity contribution >= 4 is 5.69 Å². The van der Waals surface area contributed by atoms with E-state index in [9.17, 15) is 4.39 Å². The number of nitrogens with zero attached hydrogens (tertiary/aromatic N) is 2. The second-order valence-corrected chi connectivity index (χ2v) is 4.19. The number of anilines is 1. The van der Waals surface area contributed by atoms with Crippen molar-refractivity contribution < 1.29 is 13.7 Å². The highest BCUT2D eigenvalue weighted by Gasteiger charge is 2.24. The lowest BCUT2D eigenvalue weighted by Gasteiger charge is -2.01. The van der Waals surface area contributed by atoms with Crippen LogP contribution in [0.15, 0.2) is 22.7 Å². The molecular weight excluding hydrogens is 237 g/mol. The van der Waals surface area contributed by atoms with Gasteiger partial charge >= 0.3 is 0 Å². The minimum atomic E-state index is -0.393. The van der Waals surface area contributed by atoms with E-state index in [2.05, 4.69) is 10.1 Å². The maximum absolute atomic E-state index is 13.2. The van der Waals surface area contributed by atoms with Crippen LogP contribution >= 0.6 is 0 Å². The fraction of sp³-hybridized carbons (Fsp3) is 0.333. The molecule has 1 saturated heterocycles. The summed E-state index contributed by atoms with van der Waals surface area (Å²) in [5.74, 6) is 0.319. The van der Waals surface area contributed by atoms with Crippen molar-refractivity contribution in [2.75, 3.05) is 12.3 Å². The van der Waals surface area contributed by atoms with Gasteiger partial charge in [0.2, 0.25) is 5.82 Å². The monoisotopic (exact) mass is 249 g/mol. The maximum Gasteiger partial charge on any atom is 0.260 e. The molecule has 3 rings (SSSR count). The molecule has 1 aliphatic heterocycles. The summed E-state index contributed by atoms with van der Waals surface area (Å²) in [4.78, 5) is 4.22. The molecule has 0 aliphatic carbocycles. The van der Waals surface area contributed by atoms with Crippen molar-refractivity contribution in [1.82, 2.24) is 10.1 Å². The first kappa shape index (κ1) is 11.2. The van der Waals surface area contributed by atoms with Gasteiger partial charge in [-0.25, -0.2) is 4.39 Å². The first-order chi connectivity index (χ1) is 8.74. The van der Waals surface area contributed by atoms with Crippen LogP contribution in [0.25, 0.3) is 11.5 Å². The van der Waals surface area contributed by atoms with E-state index in [0.29, 0.717) is 23.7 Å². The van der Waals surface area contributed by atoms with Gasteiger partial charge in [-0.2, -0.15) is 4.98 Å². The van der Waals surface area contributed by atoms with Crippen LogP contribution < -0.4 is 5.73 Å². The third-order valence-electron chi connectivity index (χ3n) is 2.91. The second kappa shape index (κ2) is 4.38. The number of ether oxygens (including phenoxy) is 1. The predicted molar refractivity (Wildman–Crippen MR) is 62.0 cm³/mol. The lowest BCUT2D eigenvalue weighted by molar-refractivity contribution is 0.103. The van der Waals surface area contributed by atoms with Gasteiger partial charge in [-0.3, -0.25) is 0 Å². The van der Waals surface area contributed by atoms with Gasteiger partial charge in [-0.05, 0) is 31.0 Å². The van der Waals surface area contributed by atoms with Gasteiger partial charge in [0, 0.05) is 12.3 Å². The molecule has 1 atom stereocenters. The number of rotatable bonds is 2. The van der Waals surface area contributed by atoms with Crippen LogP contribution in [0.5, 0.6) is 0 Å². The summed E-state index contributed by atoms with van der Waals surface area (Å²) in [5.41, 5.74) is 6.57. The molecule has 6 heteroatoms. The third-order valence-corrected chi connectivity index (χ3v) is 2.91. The van der Waals surface area contributed by atoms with E-state index in [0.717, 1.165) is 12.8 Å². The molecular formula is C12H12FN3O2. The largest absolute Gasteiger partial charge is 0.398 e. The zero-order chi connectivity index (χ0) is 12.5. The van der Waals surface area contributed by atoms with E-state index in [1.807, 2.05) is 0 Å². The molecule has 0 amide bonds. The van der Waals surface area contributed by atoms with Crippen molar-refractivity contribution in [3.05, 3.63) is 29.8 Å². The molecule has 2 N–H and O–H groups in total. The Morgan fingerprint density at radius 2 is 2.28 bits per heavy atom. The maximum atomic E-state index is 13.2. The molecule has 1 unspecified atom stereocenters. The quantitative estimate of drug-likeness (QED) is 0.826. The third kappa shape index (κ3) is 1.95. The fourth-order valence-corrected chi connectivity index (χ4v) is 1.97. The smallest absolute Gasteiger partial charge is 0.260 e. The number of halogens is 1. The van der Waals surface area contributed by atoms with Crippen LogP contribution in [0.4, 0.5) is 10.1 Å². The molecule has 0 spiro atoms. The summed E-state index contributed by atoms with van der Waals surface area (Å²) in [6.45, 7) is 0.705.